The van der Waals surface area contributed by atoms with E-state index in [1.165, 1.54) is 23.5 Å². The monoisotopic (exact) mass is 468 g/mol. The topological polar surface area (TPSA) is 49.4 Å². The molecular formula is C25H22ClFN2O2S. The minimum Gasteiger partial charge on any atom is -0.324 e. The molecule has 3 aromatic rings. The van der Waals surface area contributed by atoms with E-state index in [-0.39, 0.29) is 18.4 Å². The molecule has 2 aliphatic rings. The van der Waals surface area contributed by atoms with Gasteiger partial charge in [0, 0.05) is 21.2 Å². The van der Waals surface area contributed by atoms with Gasteiger partial charge in [-0.05, 0) is 60.2 Å². The normalized spacial score (nSPS) is 19.9. The second kappa shape index (κ2) is 8.34. The Kier molecular flexibility index (Phi) is 5.51. The molecule has 0 saturated heterocycles. The highest BCUT2D eigenvalue weighted by atomic mass is 35.5. The summed E-state index contributed by atoms with van der Waals surface area (Å²) >= 11 is 7.61. The zero-order valence-corrected chi connectivity index (χ0v) is 18.9. The number of halogens is 2. The first-order chi connectivity index (χ1) is 15.5. The van der Waals surface area contributed by atoms with Crippen LogP contribution in [0.1, 0.15) is 47.7 Å². The third-order valence-electron chi connectivity index (χ3n) is 6.54. The van der Waals surface area contributed by atoms with Crippen LogP contribution in [0.4, 0.5) is 10.1 Å². The fraction of sp³-hybridized carbons (Fsp3) is 0.280. The summed E-state index contributed by atoms with van der Waals surface area (Å²) in [7, 11) is 0. The van der Waals surface area contributed by atoms with Crippen LogP contribution < -0.4 is 5.32 Å². The molecule has 0 spiro atoms. The first kappa shape index (κ1) is 21.2. The molecule has 32 heavy (non-hydrogen) atoms. The number of anilines is 1. The second-order valence-electron chi connectivity index (χ2n) is 8.43. The van der Waals surface area contributed by atoms with Gasteiger partial charge in [0.25, 0.3) is 0 Å². The minimum atomic E-state index is -0.724. The average molecular weight is 469 g/mol. The Morgan fingerprint density at radius 3 is 2.56 bits per heavy atom. The summed E-state index contributed by atoms with van der Waals surface area (Å²) in [6, 6.07) is 15.1. The molecule has 1 saturated carbocycles. The van der Waals surface area contributed by atoms with Crippen molar-refractivity contribution in [2.75, 3.05) is 11.9 Å². The molecule has 2 amide bonds. The Morgan fingerprint density at radius 1 is 1.12 bits per heavy atom. The van der Waals surface area contributed by atoms with Crippen LogP contribution in [-0.2, 0) is 15.0 Å². The maximum atomic E-state index is 14.3. The highest BCUT2D eigenvalue weighted by Crippen LogP contribution is 2.46. The van der Waals surface area contributed by atoms with Gasteiger partial charge in [0.1, 0.15) is 12.4 Å². The van der Waals surface area contributed by atoms with Crippen LogP contribution >= 0.6 is 22.9 Å². The molecule has 0 radical (unpaired) electrons. The first-order valence-corrected chi connectivity index (χ1v) is 11.9. The summed E-state index contributed by atoms with van der Waals surface area (Å²) < 4.78 is 14.3. The number of carbonyl (C=O) groups is 2. The van der Waals surface area contributed by atoms with E-state index in [2.05, 4.69) is 5.32 Å². The van der Waals surface area contributed by atoms with Crippen LogP contribution in [-0.4, -0.2) is 23.3 Å². The van der Waals surface area contributed by atoms with Gasteiger partial charge in [0.2, 0.25) is 11.8 Å². The zero-order valence-electron chi connectivity index (χ0n) is 17.3. The molecule has 2 aromatic carbocycles. The van der Waals surface area contributed by atoms with E-state index in [1.54, 1.807) is 23.1 Å². The summed E-state index contributed by atoms with van der Waals surface area (Å²) in [5, 5.41) is 5.41. The van der Waals surface area contributed by atoms with Gasteiger partial charge in [-0.25, -0.2) is 4.39 Å². The van der Waals surface area contributed by atoms with Gasteiger partial charge < -0.3 is 10.2 Å². The predicted molar refractivity (Wildman–Crippen MR) is 125 cm³/mol. The van der Waals surface area contributed by atoms with Crippen LogP contribution in [0.5, 0.6) is 0 Å². The molecule has 1 aromatic heterocycles. The number of nitrogens with zero attached hydrogens (tertiary/aromatic N) is 1. The highest BCUT2D eigenvalue weighted by molar-refractivity contribution is 7.10. The molecule has 1 aliphatic carbocycles. The third-order valence-corrected chi connectivity index (χ3v) is 7.72. The number of fused-ring (bicyclic) bond motifs is 1. The molecule has 0 bridgehead atoms. The molecule has 1 unspecified atom stereocenters. The van der Waals surface area contributed by atoms with Crippen molar-refractivity contribution in [3.63, 3.8) is 0 Å². The number of amides is 2. The molecule has 4 nitrogen and oxygen atoms in total. The Labute approximate surface area is 195 Å². The lowest BCUT2D eigenvalue weighted by Gasteiger charge is -2.38. The molecule has 164 valence electrons. The van der Waals surface area contributed by atoms with Gasteiger partial charge in [-0.3, -0.25) is 9.59 Å². The van der Waals surface area contributed by atoms with E-state index < -0.39 is 17.3 Å². The van der Waals surface area contributed by atoms with Crippen molar-refractivity contribution >= 4 is 40.4 Å². The van der Waals surface area contributed by atoms with E-state index in [0.29, 0.717) is 29.1 Å². The van der Waals surface area contributed by atoms with Crippen LogP contribution in [0.2, 0.25) is 5.02 Å². The summed E-state index contributed by atoms with van der Waals surface area (Å²) in [5.41, 5.74) is 1.32. The van der Waals surface area contributed by atoms with Crippen LogP contribution in [0.15, 0.2) is 60.0 Å². The smallest absolute Gasteiger partial charge is 0.244 e. The third kappa shape index (κ3) is 3.61. The van der Waals surface area contributed by atoms with Crippen molar-refractivity contribution < 1.29 is 14.0 Å². The average Bonchev–Trinajstić information content (AvgIpc) is 3.46. The Bertz CT molecular complexity index is 1160. The molecule has 7 heteroatoms. The van der Waals surface area contributed by atoms with Crippen LogP contribution in [0, 0.1) is 5.82 Å². The maximum absolute atomic E-state index is 14.3. The lowest BCUT2D eigenvalue weighted by atomic mass is 9.77. The molecular weight excluding hydrogens is 447 g/mol. The van der Waals surface area contributed by atoms with E-state index in [4.69, 9.17) is 11.6 Å². The van der Waals surface area contributed by atoms with Gasteiger partial charge in [-0.1, -0.05) is 42.6 Å². The number of carbonyl (C=O) groups excluding carboxylic acids is 2. The number of thiophene rings is 1. The molecule has 1 aliphatic heterocycles. The number of nitrogens with one attached hydrogen (secondary N) is 1. The molecule has 1 atom stereocenters. The van der Waals surface area contributed by atoms with Crippen molar-refractivity contribution in [1.29, 1.82) is 0 Å². The van der Waals surface area contributed by atoms with Crippen LogP contribution in [0.3, 0.4) is 0 Å². The summed E-state index contributed by atoms with van der Waals surface area (Å²) in [4.78, 5) is 29.7. The van der Waals surface area contributed by atoms with Crippen molar-refractivity contribution in [2.45, 2.75) is 37.1 Å². The van der Waals surface area contributed by atoms with Gasteiger partial charge in [-0.15, -0.1) is 11.3 Å². The molecule has 1 N–H and O–H groups in total. The van der Waals surface area contributed by atoms with Crippen molar-refractivity contribution in [3.05, 3.63) is 86.8 Å². The second-order valence-corrected chi connectivity index (χ2v) is 9.84. The fourth-order valence-corrected chi connectivity index (χ4v) is 6.05. The SMILES string of the molecule is O=C1CN(C(=O)C2(c3ccc(Cl)cc3)CCCC2)C(c2cccs2)c2cc(F)ccc2N1. The standard InChI is InChI=1S/C25H22ClFN2O2S/c26-17-7-5-16(6-8-17)25(11-1-2-12-25)24(31)29-15-22(30)28-20-10-9-18(27)14-19(20)23(29)21-4-3-13-32-21/h3-10,13-14,23H,1-2,11-12,15H2,(H,28,30). The Balaban J connectivity index is 1.66. The zero-order chi connectivity index (χ0) is 22.3. The Hall–Kier alpha value is -2.70. The lowest BCUT2D eigenvalue weighted by Crippen LogP contribution is -2.48. The lowest BCUT2D eigenvalue weighted by molar-refractivity contribution is -0.141. The summed E-state index contributed by atoms with van der Waals surface area (Å²) in [6.07, 6.45) is 3.28. The van der Waals surface area contributed by atoms with E-state index >= 15 is 0 Å². The minimum absolute atomic E-state index is 0.0902. The van der Waals surface area contributed by atoms with Gasteiger partial charge >= 0.3 is 0 Å². The molecule has 2 heterocycles. The number of hydrogen-bond acceptors (Lipinski definition) is 3. The Morgan fingerprint density at radius 2 is 1.88 bits per heavy atom. The number of benzene rings is 2. The van der Waals surface area contributed by atoms with Crippen molar-refractivity contribution in [3.8, 4) is 0 Å². The van der Waals surface area contributed by atoms with E-state index in [9.17, 15) is 14.0 Å². The largest absolute Gasteiger partial charge is 0.324 e. The van der Waals surface area contributed by atoms with E-state index in [1.807, 2.05) is 29.6 Å². The van der Waals surface area contributed by atoms with Gasteiger partial charge in [-0.2, -0.15) is 0 Å². The number of rotatable bonds is 3. The predicted octanol–water partition coefficient (Wildman–Crippen LogP) is 5.92. The van der Waals surface area contributed by atoms with Crippen molar-refractivity contribution in [1.82, 2.24) is 4.90 Å². The summed E-state index contributed by atoms with van der Waals surface area (Å²) in [6.45, 7) is -0.0902. The summed E-state index contributed by atoms with van der Waals surface area (Å²) in [5.74, 6) is -0.778. The first-order valence-electron chi connectivity index (χ1n) is 10.7. The maximum Gasteiger partial charge on any atom is 0.244 e. The van der Waals surface area contributed by atoms with E-state index in [0.717, 1.165) is 23.3 Å². The highest BCUT2D eigenvalue weighted by Gasteiger charge is 2.48. The molecule has 1 fully saturated rings. The number of hydrogen-bond donors (Lipinski definition) is 1. The van der Waals surface area contributed by atoms with Crippen LogP contribution in [0.25, 0.3) is 0 Å². The van der Waals surface area contributed by atoms with Crippen molar-refractivity contribution in [2.24, 2.45) is 0 Å². The molecule has 5 rings (SSSR count). The quantitative estimate of drug-likeness (QED) is 0.518. The van der Waals surface area contributed by atoms with Gasteiger partial charge in [0.15, 0.2) is 0 Å². The fourth-order valence-electron chi connectivity index (χ4n) is 5.07. The van der Waals surface area contributed by atoms with Gasteiger partial charge in [0.05, 0.1) is 11.5 Å².